The number of carbonyl (C=O) groups is 4. The second-order valence-corrected chi connectivity index (χ2v) is 18.9. The molecule has 4 rings (SSSR count). The Bertz CT molecular complexity index is 1520. The number of rotatable bonds is 12. The number of carbonyl (C=O) groups excluding carboxylic acids is 4. The van der Waals surface area contributed by atoms with Crippen LogP contribution in [0.5, 0.6) is 0 Å². The lowest BCUT2D eigenvalue weighted by Crippen LogP contribution is -2.62. The largest absolute Gasteiger partial charge is 0.458 e. The number of amides is 1. The van der Waals surface area contributed by atoms with Crippen LogP contribution < -0.4 is 5.73 Å². The lowest BCUT2D eigenvalue weighted by molar-refractivity contribution is -0.320. The average molecular weight is 872 g/mol. The number of methoxy groups -OCH3 is 2. The molecule has 1 amide bonds. The van der Waals surface area contributed by atoms with Crippen molar-refractivity contribution in [3.63, 3.8) is 0 Å². The number of fused-ring (bicyclic) bond motifs is 1. The highest BCUT2D eigenvalue weighted by molar-refractivity contribution is 5.85. The van der Waals surface area contributed by atoms with Crippen molar-refractivity contribution in [1.29, 1.82) is 0 Å². The number of esters is 2. The highest BCUT2D eigenvalue weighted by Gasteiger charge is 2.61. The number of Topliss-reactive ketones (excluding diaryl/α,β-unsaturated/α-hetero) is 1. The van der Waals surface area contributed by atoms with E-state index >= 15 is 0 Å². The summed E-state index contributed by atoms with van der Waals surface area (Å²) in [6, 6.07) is -1.10. The molecular weight excluding hydrogens is 794 g/mol. The fourth-order valence-corrected chi connectivity index (χ4v) is 10.5. The van der Waals surface area contributed by atoms with E-state index in [1.807, 2.05) is 60.5 Å². The zero-order chi connectivity index (χ0) is 45.9. The van der Waals surface area contributed by atoms with Crippen molar-refractivity contribution < 1.29 is 66.9 Å². The molecule has 0 bridgehead atoms. The number of likely N-dealkylation sites (N-methyl/N-ethyl adjacent to an activating group) is 1. The van der Waals surface area contributed by atoms with Crippen LogP contribution in [0, 0.1) is 23.7 Å². The van der Waals surface area contributed by atoms with Crippen LogP contribution in [-0.4, -0.2) is 164 Å². The number of nitrogens with zero attached hydrogens (tertiary/aromatic N) is 2. The van der Waals surface area contributed by atoms with Gasteiger partial charge in [0.05, 0.1) is 42.0 Å². The van der Waals surface area contributed by atoms with Crippen LogP contribution in [0.3, 0.4) is 0 Å². The average Bonchev–Trinajstić information content (AvgIpc) is 3.46. The molecule has 0 aromatic heterocycles. The SMILES string of the molecule is CCC1OC(=O)[C@H](C)C(O[C@H]2C[C@@](C)(OC)[C@@H](OC(C)=O)[C@H](C)O2)[C@H](C)[C@@H](O[C@@H]2O[C@H](C)C[C@H](N(C)C)[C@H]2O)[C@](C)(OC)C[C@@H](C)C(=O)[C@H](C)[C@H]2N(CCCN)C(=O)O[C@]12C. The molecule has 0 aromatic rings. The molecule has 4 fully saturated rings. The molecule has 0 aliphatic carbocycles. The number of hydrogen-bond donors (Lipinski definition) is 2. The maximum Gasteiger partial charge on any atom is 0.410 e. The highest BCUT2D eigenvalue weighted by Crippen LogP contribution is 2.45. The van der Waals surface area contributed by atoms with Crippen molar-refractivity contribution in [2.75, 3.05) is 41.4 Å². The van der Waals surface area contributed by atoms with Crippen molar-refractivity contribution in [3.05, 3.63) is 0 Å². The van der Waals surface area contributed by atoms with E-state index in [0.717, 1.165) is 0 Å². The summed E-state index contributed by atoms with van der Waals surface area (Å²) in [5, 5.41) is 11.8. The molecular formula is C44H77N3O14. The van der Waals surface area contributed by atoms with Gasteiger partial charge < -0.3 is 63.3 Å². The van der Waals surface area contributed by atoms with Crippen LogP contribution in [0.2, 0.25) is 0 Å². The van der Waals surface area contributed by atoms with E-state index < -0.39 is 114 Å². The normalized spacial score (nSPS) is 44.3. The Labute approximate surface area is 363 Å². The first-order valence-electron chi connectivity index (χ1n) is 22.1. The Morgan fingerprint density at radius 2 is 1.56 bits per heavy atom. The van der Waals surface area contributed by atoms with Gasteiger partial charge in [0.15, 0.2) is 24.3 Å². The Morgan fingerprint density at radius 1 is 0.934 bits per heavy atom. The van der Waals surface area contributed by atoms with Gasteiger partial charge in [-0.2, -0.15) is 0 Å². The van der Waals surface area contributed by atoms with Gasteiger partial charge in [-0.1, -0.05) is 27.7 Å². The van der Waals surface area contributed by atoms with Crippen LogP contribution in [0.4, 0.5) is 4.79 Å². The molecule has 18 atom stereocenters. The molecule has 0 radical (unpaired) electrons. The summed E-state index contributed by atoms with van der Waals surface area (Å²) >= 11 is 0. The highest BCUT2D eigenvalue weighted by atomic mass is 16.7. The molecule has 61 heavy (non-hydrogen) atoms. The lowest BCUT2D eigenvalue weighted by atomic mass is 9.73. The fourth-order valence-electron chi connectivity index (χ4n) is 10.5. The second kappa shape index (κ2) is 20.6. The van der Waals surface area contributed by atoms with Gasteiger partial charge in [-0.15, -0.1) is 0 Å². The lowest BCUT2D eigenvalue weighted by Gasteiger charge is -2.50. The molecule has 0 aromatic carbocycles. The number of aliphatic hydroxyl groups excluding tert-OH is 1. The first-order chi connectivity index (χ1) is 28.4. The zero-order valence-corrected chi connectivity index (χ0v) is 39.3. The van der Waals surface area contributed by atoms with Gasteiger partial charge in [0.25, 0.3) is 0 Å². The third-order valence-corrected chi connectivity index (χ3v) is 14.0. The van der Waals surface area contributed by atoms with E-state index in [-0.39, 0.29) is 43.7 Å². The molecule has 4 saturated heterocycles. The minimum absolute atomic E-state index is 0.117. The topological polar surface area (TPSA) is 204 Å². The van der Waals surface area contributed by atoms with Crippen molar-refractivity contribution >= 4 is 23.8 Å². The van der Waals surface area contributed by atoms with Crippen molar-refractivity contribution in [2.24, 2.45) is 29.4 Å². The van der Waals surface area contributed by atoms with Crippen LogP contribution in [0.15, 0.2) is 0 Å². The fraction of sp³-hybridized carbons (Fsp3) is 0.909. The van der Waals surface area contributed by atoms with E-state index in [1.165, 1.54) is 21.1 Å². The van der Waals surface area contributed by atoms with Crippen molar-refractivity contribution in [1.82, 2.24) is 9.80 Å². The van der Waals surface area contributed by atoms with Crippen LogP contribution in [0.1, 0.15) is 108 Å². The summed E-state index contributed by atoms with van der Waals surface area (Å²) in [5.41, 5.74) is 2.18. The molecule has 4 aliphatic heterocycles. The molecule has 4 aliphatic rings. The summed E-state index contributed by atoms with van der Waals surface area (Å²) < 4.78 is 57.2. The minimum Gasteiger partial charge on any atom is -0.458 e. The number of aliphatic hydroxyl groups is 1. The Kier molecular flexibility index (Phi) is 17.2. The maximum atomic E-state index is 14.8. The van der Waals surface area contributed by atoms with E-state index in [2.05, 4.69) is 0 Å². The Morgan fingerprint density at radius 3 is 2.11 bits per heavy atom. The van der Waals surface area contributed by atoms with Gasteiger partial charge in [0.1, 0.15) is 23.6 Å². The Balaban J connectivity index is 1.90. The van der Waals surface area contributed by atoms with E-state index in [0.29, 0.717) is 19.4 Å². The molecule has 17 heteroatoms. The summed E-state index contributed by atoms with van der Waals surface area (Å²) in [6.45, 7) is 20.0. The molecule has 2 unspecified atom stereocenters. The first kappa shape index (κ1) is 51.2. The number of cyclic esters (lactones) is 1. The second-order valence-electron chi connectivity index (χ2n) is 18.9. The number of nitrogens with two attached hydrogens (primary N) is 1. The van der Waals surface area contributed by atoms with Crippen molar-refractivity contribution in [2.45, 2.75) is 192 Å². The third-order valence-electron chi connectivity index (χ3n) is 14.0. The third kappa shape index (κ3) is 10.7. The van der Waals surface area contributed by atoms with Crippen LogP contribution >= 0.6 is 0 Å². The summed E-state index contributed by atoms with van der Waals surface area (Å²) in [6.07, 6.45) is -6.91. The molecule has 0 spiro atoms. The van der Waals surface area contributed by atoms with Gasteiger partial charge in [-0.25, -0.2) is 4.79 Å². The first-order valence-corrected chi connectivity index (χ1v) is 22.1. The predicted molar refractivity (Wildman–Crippen MR) is 223 cm³/mol. The number of hydrogen-bond acceptors (Lipinski definition) is 16. The van der Waals surface area contributed by atoms with Gasteiger partial charge in [-0.3, -0.25) is 14.4 Å². The smallest absolute Gasteiger partial charge is 0.410 e. The predicted octanol–water partition coefficient (Wildman–Crippen LogP) is 3.83. The minimum atomic E-state index is -1.41. The maximum absolute atomic E-state index is 14.8. The molecule has 0 saturated carbocycles. The monoisotopic (exact) mass is 872 g/mol. The van der Waals surface area contributed by atoms with E-state index in [1.54, 1.807) is 32.6 Å². The molecule has 352 valence electrons. The molecule has 3 N–H and O–H groups in total. The Hall–Kier alpha value is -2.48. The molecule has 17 nitrogen and oxygen atoms in total. The zero-order valence-electron chi connectivity index (χ0n) is 39.3. The van der Waals surface area contributed by atoms with Gasteiger partial charge >= 0.3 is 18.0 Å². The standard InChI is InChI=1S/C44H77N3O14/c1-16-31-44(11)36(47(19-17-18-45)41(52)61-44)25(4)33(49)23(2)21-42(9,53-14)37(60-40-34(50)30(46(12)13)20-24(3)55-40)26(5)35(27(6)39(51)58-31)59-32-22-43(10,54-15)38(28(7)56-32)57-29(8)48/h23-28,30-32,34-38,40,50H,16-22,45H2,1-15H3/t23-,24-,25+,26+,27-,28+,30+,31?,32+,34-,35?,36-,37-,38+,40+,42-,43-,44-/m1/s1. The summed E-state index contributed by atoms with van der Waals surface area (Å²) in [7, 11) is 6.83. The van der Waals surface area contributed by atoms with E-state index in [4.69, 9.17) is 48.4 Å². The summed E-state index contributed by atoms with van der Waals surface area (Å²) in [5.74, 6) is -4.43. The molecule has 4 heterocycles. The van der Waals surface area contributed by atoms with E-state index in [9.17, 15) is 24.3 Å². The summed E-state index contributed by atoms with van der Waals surface area (Å²) in [4.78, 5) is 58.9. The van der Waals surface area contributed by atoms with Gasteiger partial charge in [-0.05, 0) is 87.9 Å². The van der Waals surface area contributed by atoms with Gasteiger partial charge in [0.2, 0.25) is 0 Å². The quantitative estimate of drug-likeness (QED) is 0.211. The van der Waals surface area contributed by atoms with Gasteiger partial charge in [0, 0.05) is 57.9 Å². The van der Waals surface area contributed by atoms with Crippen LogP contribution in [-0.2, 0) is 57.0 Å². The number of ether oxygens (including phenoxy) is 9. The van der Waals surface area contributed by atoms with Crippen LogP contribution in [0.25, 0.3) is 0 Å². The van der Waals surface area contributed by atoms with Crippen molar-refractivity contribution in [3.8, 4) is 0 Å². The number of ketones is 1.